The summed E-state index contributed by atoms with van der Waals surface area (Å²) in [5, 5.41) is 51.0. The number of aliphatic hydroxyl groups excluding tert-OH is 4. The van der Waals surface area contributed by atoms with Crippen molar-refractivity contribution in [3.05, 3.63) is 53.9 Å². The van der Waals surface area contributed by atoms with Crippen LogP contribution < -0.4 is 0 Å². The van der Waals surface area contributed by atoms with Gasteiger partial charge in [0.25, 0.3) is 5.91 Å². The number of aliphatic hydroxyl groups is 4. The van der Waals surface area contributed by atoms with Crippen molar-refractivity contribution < 1.29 is 44.5 Å². The SMILES string of the molecule is C=C[C@H]1[C@H](O[C@@H]2O[C@H](CO)[C@@H](O)[C@H](O)[C@H]2O)OC=C2C(=O)N3CCc4c([nH]c5cc(O)ccc45)[C@H]3C[C@H]21. The van der Waals surface area contributed by atoms with Crippen molar-refractivity contribution in [2.24, 2.45) is 11.8 Å². The van der Waals surface area contributed by atoms with Gasteiger partial charge in [-0.25, -0.2) is 0 Å². The van der Waals surface area contributed by atoms with Gasteiger partial charge in [0.15, 0.2) is 6.29 Å². The summed E-state index contributed by atoms with van der Waals surface area (Å²) in [5.74, 6) is -0.762. The van der Waals surface area contributed by atoms with E-state index in [1.165, 1.54) is 6.26 Å². The predicted octanol–water partition coefficient (Wildman–Crippen LogP) is 0.178. The van der Waals surface area contributed by atoms with Gasteiger partial charge in [-0.05, 0) is 30.5 Å². The molecule has 11 heteroatoms. The van der Waals surface area contributed by atoms with E-state index in [0.29, 0.717) is 25.0 Å². The lowest BCUT2D eigenvalue weighted by atomic mass is 9.74. The third kappa shape index (κ3) is 3.77. The Morgan fingerprint density at radius 1 is 1.19 bits per heavy atom. The number of phenols is 1. The normalized spacial score (nSPS) is 37.3. The number of piperidine rings is 1. The van der Waals surface area contributed by atoms with Crippen molar-refractivity contribution >= 4 is 16.8 Å². The molecule has 0 bridgehead atoms. The van der Waals surface area contributed by atoms with Gasteiger partial charge < -0.3 is 49.6 Å². The Morgan fingerprint density at radius 2 is 2.00 bits per heavy atom. The van der Waals surface area contributed by atoms with Crippen LogP contribution >= 0.6 is 0 Å². The second-order valence-electron chi connectivity index (χ2n) is 10.1. The standard InChI is InChI=1S/C26H30N2O9/c1-2-12-15-8-18-20-14(13-4-3-11(30)7-17(13)27-20)5-6-28(18)24(34)16(15)10-35-25(12)37-26-23(33)22(32)21(31)19(9-29)36-26/h2-4,7,10,12,15,18-19,21-23,25-27,29-33H,1,5-6,8-9H2/t12-,15+,18-,19-,21-,22+,23-,25+,26+/m1/s1. The second kappa shape index (κ2) is 9.12. The Kier molecular flexibility index (Phi) is 6.02. The summed E-state index contributed by atoms with van der Waals surface area (Å²) in [6, 6.07) is 5.00. The predicted molar refractivity (Wildman–Crippen MR) is 128 cm³/mol. The minimum atomic E-state index is -1.58. The lowest BCUT2D eigenvalue weighted by Gasteiger charge is -2.48. The third-order valence-electron chi connectivity index (χ3n) is 8.12. The molecule has 6 rings (SSSR count). The lowest BCUT2D eigenvalue weighted by molar-refractivity contribution is -0.339. The van der Waals surface area contributed by atoms with Crippen molar-refractivity contribution in [3.8, 4) is 5.75 Å². The highest BCUT2D eigenvalue weighted by molar-refractivity contribution is 5.96. The van der Waals surface area contributed by atoms with Crippen LogP contribution in [0.15, 0.2) is 42.7 Å². The molecule has 2 aromatic rings. The van der Waals surface area contributed by atoms with Gasteiger partial charge in [-0.2, -0.15) is 0 Å². The molecule has 1 amide bonds. The molecule has 4 aliphatic heterocycles. The average molecular weight is 515 g/mol. The van der Waals surface area contributed by atoms with Crippen LogP contribution in [0.25, 0.3) is 10.9 Å². The smallest absolute Gasteiger partial charge is 0.253 e. The Hall–Kier alpha value is -2.93. The van der Waals surface area contributed by atoms with E-state index in [1.807, 2.05) is 11.0 Å². The third-order valence-corrected chi connectivity index (χ3v) is 8.12. The summed E-state index contributed by atoms with van der Waals surface area (Å²) in [7, 11) is 0. The van der Waals surface area contributed by atoms with Crippen LogP contribution in [-0.2, 0) is 25.4 Å². The van der Waals surface area contributed by atoms with Crippen molar-refractivity contribution in [2.75, 3.05) is 13.2 Å². The Bertz CT molecular complexity index is 1260. The number of fused-ring (bicyclic) bond motifs is 6. The van der Waals surface area contributed by atoms with Crippen LogP contribution in [0.2, 0.25) is 0 Å². The topological polar surface area (TPSA) is 165 Å². The van der Waals surface area contributed by atoms with Gasteiger partial charge in [-0.15, -0.1) is 6.58 Å². The van der Waals surface area contributed by atoms with E-state index in [1.54, 1.807) is 18.2 Å². The molecule has 0 unspecified atom stereocenters. The molecule has 4 aliphatic rings. The van der Waals surface area contributed by atoms with E-state index in [-0.39, 0.29) is 23.6 Å². The van der Waals surface area contributed by atoms with Crippen molar-refractivity contribution in [2.45, 2.75) is 55.9 Å². The number of aromatic hydroxyl groups is 1. The first-order chi connectivity index (χ1) is 17.8. The minimum absolute atomic E-state index is 0.133. The highest BCUT2D eigenvalue weighted by atomic mass is 16.8. The number of aromatic amines is 1. The van der Waals surface area contributed by atoms with Gasteiger partial charge in [0.05, 0.1) is 24.5 Å². The van der Waals surface area contributed by atoms with Gasteiger partial charge in [0.2, 0.25) is 6.29 Å². The number of aromatic nitrogens is 1. The fourth-order valence-corrected chi connectivity index (χ4v) is 6.18. The van der Waals surface area contributed by atoms with Crippen LogP contribution in [0.5, 0.6) is 5.75 Å². The molecule has 9 atom stereocenters. The number of H-pyrrole nitrogens is 1. The van der Waals surface area contributed by atoms with Gasteiger partial charge in [-0.3, -0.25) is 4.79 Å². The molecule has 5 heterocycles. The van der Waals surface area contributed by atoms with Crippen LogP contribution in [0.4, 0.5) is 0 Å². The number of nitrogens with one attached hydrogen (secondary N) is 1. The number of carbonyl (C=O) groups is 1. The summed E-state index contributed by atoms with van der Waals surface area (Å²) in [4.78, 5) is 18.8. The first-order valence-corrected chi connectivity index (χ1v) is 12.4. The number of hydrogen-bond donors (Lipinski definition) is 6. The highest BCUT2D eigenvalue weighted by Crippen LogP contribution is 2.48. The average Bonchev–Trinajstić information content (AvgIpc) is 3.27. The number of phenolic OH excluding ortho intramolecular Hbond substituents is 1. The number of ether oxygens (including phenoxy) is 3. The Balaban J connectivity index is 1.29. The molecule has 1 aromatic carbocycles. The molecule has 0 radical (unpaired) electrons. The molecule has 0 aliphatic carbocycles. The molecule has 11 nitrogen and oxygen atoms in total. The first kappa shape index (κ1) is 24.4. The molecular formula is C26H30N2O9. The number of rotatable bonds is 4. The van der Waals surface area contributed by atoms with Crippen molar-refractivity contribution in [1.82, 2.24) is 9.88 Å². The van der Waals surface area contributed by atoms with Crippen molar-refractivity contribution in [3.63, 3.8) is 0 Å². The fourth-order valence-electron chi connectivity index (χ4n) is 6.18. The van der Waals surface area contributed by atoms with E-state index >= 15 is 0 Å². The molecule has 2 saturated heterocycles. The van der Waals surface area contributed by atoms with E-state index in [0.717, 1.165) is 22.2 Å². The molecule has 37 heavy (non-hydrogen) atoms. The largest absolute Gasteiger partial charge is 0.508 e. The minimum Gasteiger partial charge on any atom is -0.508 e. The second-order valence-corrected chi connectivity index (χ2v) is 10.1. The van der Waals surface area contributed by atoms with Crippen LogP contribution in [0.1, 0.15) is 23.7 Å². The molecule has 1 aromatic heterocycles. The number of nitrogens with zero attached hydrogens (tertiary/aromatic N) is 1. The molecule has 6 N–H and O–H groups in total. The maximum absolute atomic E-state index is 13.5. The zero-order valence-corrected chi connectivity index (χ0v) is 19.9. The van der Waals surface area contributed by atoms with Gasteiger partial charge in [-0.1, -0.05) is 6.08 Å². The summed E-state index contributed by atoms with van der Waals surface area (Å²) in [6.07, 6.45) is -3.87. The number of hydrogen-bond acceptors (Lipinski definition) is 9. The van der Waals surface area contributed by atoms with E-state index in [9.17, 15) is 30.3 Å². The molecule has 198 valence electrons. The zero-order valence-electron chi connectivity index (χ0n) is 19.9. The summed E-state index contributed by atoms with van der Waals surface area (Å²) in [5.41, 5.74) is 3.40. The zero-order chi connectivity index (χ0) is 26.0. The van der Waals surface area contributed by atoms with Crippen LogP contribution in [0, 0.1) is 11.8 Å². The molecule has 0 spiro atoms. The first-order valence-electron chi connectivity index (χ1n) is 12.4. The number of benzene rings is 1. The highest BCUT2D eigenvalue weighted by Gasteiger charge is 2.51. The van der Waals surface area contributed by atoms with E-state index in [2.05, 4.69) is 11.6 Å². The van der Waals surface area contributed by atoms with Gasteiger partial charge >= 0.3 is 0 Å². The van der Waals surface area contributed by atoms with E-state index in [4.69, 9.17) is 14.2 Å². The number of amides is 1. The quantitative estimate of drug-likeness (QED) is 0.312. The molecule has 0 saturated carbocycles. The monoisotopic (exact) mass is 514 g/mol. The van der Waals surface area contributed by atoms with Gasteiger partial charge in [0, 0.05) is 41.0 Å². The van der Waals surface area contributed by atoms with Crippen LogP contribution in [-0.4, -0.2) is 91.5 Å². The maximum Gasteiger partial charge on any atom is 0.253 e. The Morgan fingerprint density at radius 3 is 2.76 bits per heavy atom. The fraction of sp³-hybridized carbons (Fsp3) is 0.500. The lowest BCUT2D eigenvalue weighted by Crippen LogP contribution is -2.60. The summed E-state index contributed by atoms with van der Waals surface area (Å²) >= 11 is 0. The van der Waals surface area contributed by atoms with Gasteiger partial charge in [0.1, 0.15) is 30.2 Å². The molecule has 2 fully saturated rings. The summed E-state index contributed by atoms with van der Waals surface area (Å²) < 4.78 is 17.2. The summed E-state index contributed by atoms with van der Waals surface area (Å²) in [6.45, 7) is 3.91. The number of carbonyl (C=O) groups excluding carboxylic acids is 1. The maximum atomic E-state index is 13.5. The van der Waals surface area contributed by atoms with E-state index < -0.39 is 49.5 Å². The van der Waals surface area contributed by atoms with Crippen LogP contribution in [0.3, 0.4) is 0 Å². The molecular weight excluding hydrogens is 484 g/mol. The Labute approximate surface area is 212 Å². The van der Waals surface area contributed by atoms with Crippen molar-refractivity contribution in [1.29, 1.82) is 0 Å².